The molecule has 3 rings (SSSR count). The molecule has 4 N–H and O–H groups in total. The molecule has 2 aromatic carbocycles. The fraction of sp³-hybridized carbons (Fsp3) is 0.136. The molecule has 0 saturated carbocycles. The Morgan fingerprint density at radius 2 is 1.76 bits per heavy atom. The van der Waals surface area contributed by atoms with E-state index >= 15 is 0 Å². The first kappa shape index (κ1) is 20.2. The molecule has 0 aliphatic heterocycles. The molecule has 7 nitrogen and oxygen atoms in total. The highest BCUT2D eigenvalue weighted by atomic mass is 16.5. The van der Waals surface area contributed by atoms with E-state index in [0.29, 0.717) is 23.5 Å². The number of aliphatic imine (C=N–C) groups is 1. The van der Waals surface area contributed by atoms with Crippen LogP contribution in [0.4, 0.5) is 11.5 Å². The lowest BCUT2D eigenvalue weighted by Gasteiger charge is -2.09. The van der Waals surface area contributed by atoms with Gasteiger partial charge < -0.3 is 10.6 Å². The number of anilines is 1. The molecule has 0 radical (unpaired) electrons. The van der Waals surface area contributed by atoms with Gasteiger partial charge in [0.05, 0.1) is 11.3 Å². The van der Waals surface area contributed by atoms with Crippen LogP contribution in [0.25, 0.3) is 11.1 Å². The zero-order valence-corrected chi connectivity index (χ0v) is 16.1. The summed E-state index contributed by atoms with van der Waals surface area (Å²) < 4.78 is 0. The lowest BCUT2D eigenvalue weighted by atomic mass is 10.0. The molecule has 0 aliphatic carbocycles. The topological polar surface area (TPSA) is 98.6 Å². The first-order chi connectivity index (χ1) is 14.2. The van der Waals surface area contributed by atoms with Gasteiger partial charge in [-0.05, 0) is 47.5 Å². The summed E-state index contributed by atoms with van der Waals surface area (Å²) in [6.45, 7) is 3.89. The smallest absolute Gasteiger partial charge is 0.212 e. The van der Waals surface area contributed by atoms with Crippen molar-refractivity contribution in [1.82, 2.24) is 15.8 Å². The molecule has 1 heterocycles. The van der Waals surface area contributed by atoms with Crippen LogP contribution in [0, 0.1) is 0 Å². The zero-order chi connectivity index (χ0) is 20.5. The van der Waals surface area contributed by atoms with E-state index in [4.69, 9.17) is 0 Å². The number of amides is 1. The molecule has 0 saturated heterocycles. The molecule has 7 heteroatoms. The van der Waals surface area contributed by atoms with Crippen molar-refractivity contribution >= 4 is 23.8 Å². The highest BCUT2D eigenvalue weighted by Crippen LogP contribution is 2.24. The lowest BCUT2D eigenvalue weighted by molar-refractivity contribution is -0.105. The normalized spacial score (nSPS) is 11.2. The summed E-state index contributed by atoms with van der Waals surface area (Å²) >= 11 is 0. The minimum Gasteiger partial charge on any atom is -0.313 e. The number of benzene rings is 2. The van der Waals surface area contributed by atoms with Crippen molar-refractivity contribution in [3.8, 4) is 11.1 Å². The van der Waals surface area contributed by atoms with E-state index in [9.17, 15) is 10.0 Å². The Balaban J connectivity index is 1.81. The quantitative estimate of drug-likeness (QED) is 0.205. The number of carbonyl (C=O) groups is 1. The van der Waals surface area contributed by atoms with Crippen molar-refractivity contribution in [2.45, 2.75) is 13.5 Å². The van der Waals surface area contributed by atoms with Crippen molar-refractivity contribution < 1.29 is 10.0 Å². The molecular weight excluding hydrogens is 366 g/mol. The molecule has 148 valence electrons. The first-order valence-corrected chi connectivity index (χ1v) is 9.29. The van der Waals surface area contributed by atoms with Crippen LogP contribution in [-0.4, -0.2) is 29.0 Å². The molecule has 0 unspecified atom stereocenters. The van der Waals surface area contributed by atoms with Crippen molar-refractivity contribution in [2.24, 2.45) is 4.99 Å². The summed E-state index contributed by atoms with van der Waals surface area (Å²) in [5, 5.41) is 15.3. The monoisotopic (exact) mass is 389 g/mol. The number of rotatable bonds is 8. The molecule has 1 amide bonds. The van der Waals surface area contributed by atoms with Gasteiger partial charge in [0.15, 0.2) is 5.84 Å². The van der Waals surface area contributed by atoms with E-state index in [1.165, 1.54) is 5.56 Å². The maximum Gasteiger partial charge on any atom is 0.212 e. The van der Waals surface area contributed by atoms with Crippen molar-refractivity contribution in [3.63, 3.8) is 0 Å². The minimum absolute atomic E-state index is 0.183. The van der Waals surface area contributed by atoms with Crippen LogP contribution in [0.1, 0.15) is 18.1 Å². The van der Waals surface area contributed by atoms with E-state index in [-0.39, 0.29) is 5.84 Å². The van der Waals surface area contributed by atoms with Gasteiger partial charge in [0.1, 0.15) is 5.82 Å². The third-order valence-electron chi connectivity index (χ3n) is 4.34. The number of pyridine rings is 1. The molecule has 0 bridgehead atoms. The molecule has 0 aliphatic rings. The molecule has 29 heavy (non-hydrogen) atoms. The zero-order valence-electron chi connectivity index (χ0n) is 16.1. The van der Waals surface area contributed by atoms with Gasteiger partial charge in [0.25, 0.3) is 0 Å². The van der Waals surface area contributed by atoms with Crippen LogP contribution in [0.3, 0.4) is 0 Å². The average Bonchev–Trinajstić information content (AvgIpc) is 2.78. The van der Waals surface area contributed by atoms with Crippen LogP contribution in [0.5, 0.6) is 0 Å². The second kappa shape index (κ2) is 10.1. The maximum absolute atomic E-state index is 10.8. The van der Waals surface area contributed by atoms with Gasteiger partial charge in [-0.15, -0.1) is 0 Å². The summed E-state index contributed by atoms with van der Waals surface area (Å²) in [5.74, 6) is 0.486. The Morgan fingerprint density at radius 3 is 2.38 bits per heavy atom. The van der Waals surface area contributed by atoms with E-state index in [1.54, 1.807) is 18.3 Å². The average molecular weight is 389 g/mol. The van der Waals surface area contributed by atoms with Gasteiger partial charge in [0, 0.05) is 12.7 Å². The Kier molecular flexibility index (Phi) is 7.05. The van der Waals surface area contributed by atoms with E-state index in [1.807, 2.05) is 24.3 Å². The SMILES string of the molecule is CCNCc1ccc(-c2ccc(N=C(NO)c3cccnc3NC=O)cc2)cc1. The summed E-state index contributed by atoms with van der Waals surface area (Å²) in [6.07, 6.45) is 2.07. The fourth-order valence-corrected chi connectivity index (χ4v) is 2.85. The van der Waals surface area contributed by atoms with Crippen molar-refractivity contribution in [1.29, 1.82) is 0 Å². The second-order valence-electron chi connectivity index (χ2n) is 6.26. The Morgan fingerprint density at radius 1 is 1.07 bits per heavy atom. The Bertz CT molecular complexity index is 969. The number of carbonyl (C=O) groups excluding carboxylic acids is 1. The third kappa shape index (κ3) is 5.25. The highest BCUT2D eigenvalue weighted by molar-refractivity contribution is 6.04. The van der Waals surface area contributed by atoms with Crippen LogP contribution in [-0.2, 0) is 11.3 Å². The number of nitrogens with one attached hydrogen (secondary N) is 3. The van der Waals surface area contributed by atoms with E-state index in [2.05, 4.69) is 57.3 Å². The molecule has 1 aromatic heterocycles. The predicted octanol–water partition coefficient (Wildman–Crippen LogP) is 3.48. The number of amidine groups is 1. The molecule has 3 aromatic rings. The largest absolute Gasteiger partial charge is 0.313 e. The summed E-state index contributed by atoms with van der Waals surface area (Å²) in [5.41, 5.74) is 6.64. The minimum atomic E-state index is 0.183. The van der Waals surface area contributed by atoms with Gasteiger partial charge in [-0.25, -0.2) is 9.98 Å². The Labute approximate surface area is 169 Å². The third-order valence-corrected chi connectivity index (χ3v) is 4.34. The molecule has 0 spiro atoms. The lowest BCUT2D eigenvalue weighted by Crippen LogP contribution is -2.22. The van der Waals surface area contributed by atoms with Crippen molar-refractivity contribution in [2.75, 3.05) is 11.9 Å². The van der Waals surface area contributed by atoms with Crippen LogP contribution in [0.15, 0.2) is 71.9 Å². The summed E-state index contributed by atoms with van der Waals surface area (Å²) in [4.78, 5) is 19.3. The fourth-order valence-electron chi connectivity index (χ4n) is 2.85. The van der Waals surface area contributed by atoms with E-state index < -0.39 is 0 Å². The number of nitrogens with zero attached hydrogens (tertiary/aromatic N) is 2. The summed E-state index contributed by atoms with van der Waals surface area (Å²) in [6, 6.07) is 19.5. The first-order valence-electron chi connectivity index (χ1n) is 9.29. The van der Waals surface area contributed by atoms with Crippen LogP contribution >= 0.6 is 0 Å². The van der Waals surface area contributed by atoms with Crippen LogP contribution in [0.2, 0.25) is 0 Å². The van der Waals surface area contributed by atoms with Gasteiger partial charge in [-0.1, -0.05) is 43.3 Å². The van der Waals surface area contributed by atoms with Crippen LogP contribution < -0.4 is 16.1 Å². The summed E-state index contributed by atoms with van der Waals surface area (Å²) in [7, 11) is 0. The van der Waals surface area contributed by atoms with Gasteiger partial charge in [0.2, 0.25) is 6.41 Å². The van der Waals surface area contributed by atoms with Crippen molar-refractivity contribution in [3.05, 3.63) is 78.0 Å². The second-order valence-corrected chi connectivity index (χ2v) is 6.26. The molecular formula is C22H23N5O2. The maximum atomic E-state index is 10.8. The predicted molar refractivity (Wildman–Crippen MR) is 114 cm³/mol. The molecule has 0 fully saturated rings. The van der Waals surface area contributed by atoms with Gasteiger partial charge in [-0.2, -0.15) is 0 Å². The number of aromatic nitrogens is 1. The van der Waals surface area contributed by atoms with Gasteiger partial charge >= 0.3 is 0 Å². The number of hydrogen-bond donors (Lipinski definition) is 4. The Hall–Kier alpha value is -3.55. The molecule has 0 atom stereocenters. The number of hydrogen-bond acceptors (Lipinski definition) is 5. The van der Waals surface area contributed by atoms with Gasteiger partial charge in [-0.3, -0.25) is 15.5 Å². The highest BCUT2D eigenvalue weighted by Gasteiger charge is 2.10. The van der Waals surface area contributed by atoms with E-state index in [0.717, 1.165) is 24.2 Å². The standard InChI is InChI=1S/C22H23N5O2/c1-2-23-14-16-5-7-17(8-6-16)18-9-11-19(12-10-18)26-22(27-29)20-4-3-13-24-21(20)25-15-28/h3-13,15,23,29H,2,14H2,1H3,(H,26,27)(H,24,25,28). The number of hydroxylamine groups is 1.